The van der Waals surface area contributed by atoms with Gasteiger partial charge in [-0.1, -0.05) is 0 Å². The maximum absolute atomic E-state index is 10.6. The molecule has 0 aromatic rings. The summed E-state index contributed by atoms with van der Waals surface area (Å²) in [7, 11) is 0. The smallest absolute Gasteiger partial charge is 0.308 e. The Labute approximate surface area is 71.8 Å². The van der Waals surface area contributed by atoms with E-state index in [0.717, 1.165) is 26.1 Å². The van der Waals surface area contributed by atoms with Crippen LogP contribution in [0.1, 0.15) is 6.42 Å². The second-order valence-corrected chi connectivity index (χ2v) is 3.25. The van der Waals surface area contributed by atoms with Crippen LogP contribution in [0.15, 0.2) is 0 Å². The van der Waals surface area contributed by atoms with Gasteiger partial charge in [0.1, 0.15) is 0 Å². The molecule has 0 aromatic carbocycles. The van der Waals surface area contributed by atoms with Gasteiger partial charge in [0.05, 0.1) is 5.92 Å². The molecule has 4 heteroatoms. The first kappa shape index (κ1) is 8.81. The lowest BCUT2D eigenvalue weighted by atomic mass is 9.93. The largest absolute Gasteiger partial charge is 0.481 e. The number of nitrogens with zero attached hydrogens (tertiary/aromatic N) is 1. The predicted octanol–water partition coefficient (Wildman–Crippen LogP) is 0.444. The van der Waals surface area contributed by atoms with Gasteiger partial charge in [0, 0.05) is 13.1 Å². The van der Waals surface area contributed by atoms with Crippen molar-refractivity contribution in [2.24, 2.45) is 11.8 Å². The van der Waals surface area contributed by atoms with Gasteiger partial charge in [0.15, 0.2) is 0 Å². The summed E-state index contributed by atoms with van der Waals surface area (Å²) in [5.74, 6) is -0.210. The molecule has 0 amide bonds. The van der Waals surface area contributed by atoms with Crippen LogP contribution in [-0.4, -0.2) is 35.6 Å². The van der Waals surface area contributed by atoms with Gasteiger partial charge < -0.3 is 10.0 Å². The fourth-order valence-corrected chi connectivity index (χ4v) is 2.06. The van der Waals surface area contributed by atoms with E-state index >= 15 is 0 Å². The summed E-state index contributed by atoms with van der Waals surface area (Å²) >= 11 is 0. The zero-order chi connectivity index (χ0) is 7.14. The van der Waals surface area contributed by atoms with E-state index in [2.05, 4.69) is 4.90 Å². The Morgan fingerprint density at radius 1 is 1.45 bits per heavy atom. The summed E-state index contributed by atoms with van der Waals surface area (Å²) in [6.07, 6.45) is 1.09. The maximum Gasteiger partial charge on any atom is 0.308 e. The zero-order valence-electron chi connectivity index (χ0n) is 6.19. The molecule has 2 rings (SSSR count). The van der Waals surface area contributed by atoms with Crippen molar-refractivity contribution in [3.8, 4) is 0 Å². The Morgan fingerprint density at radius 2 is 2.18 bits per heavy atom. The van der Waals surface area contributed by atoms with E-state index in [9.17, 15) is 4.79 Å². The van der Waals surface area contributed by atoms with E-state index in [-0.39, 0.29) is 18.3 Å². The molecule has 0 radical (unpaired) electrons. The van der Waals surface area contributed by atoms with Crippen LogP contribution >= 0.6 is 12.4 Å². The van der Waals surface area contributed by atoms with Crippen molar-refractivity contribution in [3.05, 3.63) is 0 Å². The number of hydrogen-bond acceptors (Lipinski definition) is 2. The monoisotopic (exact) mass is 177 g/mol. The Kier molecular flexibility index (Phi) is 2.40. The number of aliphatic carboxylic acids is 1. The van der Waals surface area contributed by atoms with E-state index in [1.165, 1.54) is 0 Å². The molecule has 1 unspecified atom stereocenters. The molecule has 2 heterocycles. The number of carbonyl (C=O) groups is 1. The molecule has 0 spiro atoms. The number of piperidine rings is 1. The van der Waals surface area contributed by atoms with Crippen molar-refractivity contribution in [1.82, 2.24) is 4.90 Å². The normalized spacial score (nSPS) is 40.2. The van der Waals surface area contributed by atoms with Crippen molar-refractivity contribution < 1.29 is 9.90 Å². The van der Waals surface area contributed by atoms with Crippen LogP contribution in [0, 0.1) is 11.8 Å². The van der Waals surface area contributed by atoms with Gasteiger partial charge in [-0.05, 0) is 18.9 Å². The summed E-state index contributed by atoms with van der Waals surface area (Å²) in [5, 5.41) is 8.71. The minimum absolute atomic E-state index is 0. The highest BCUT2D eigenvalue weighted by molar-refractivity contribution is 5.85. The summed E-state index contributed by atoms with van der Waals surface area (Å²) in [4.78, 5) is 12.8. The number of rotatable bonds is 1. The highest BCUT2D eigenvalue weighted by Gasteiger charge is 2.41. The van der Waals surface area contributed by atoms with Crippen molar-refractivity contribution in [2.75, 3.05) is 19.6 Å². The van der Waals surface area contributed by atoms with E-state index in [4.69, 9.17) is 5.11 Å². The number of carboxylic acid groups (broad SMARTS) is 1. The molecule has 3 nitrogen and oxygen atoms in total. The molecule has 0 aliphatic carbocycles. The first-order valence-corrected chi connectivity index (χ1v) is 3.72. The van der Waals surface area contributed by atoms with Crippen LogP contribution in [-0.2, 0) is 4.79 Å². The number of carboxylic acids is 1. The van der Waals surface area contributed by atoms with Crippen LogP contribution < -0.4 is 0 Å². The molecule has 1 N–H and O–H groups in total. The molecule has 2 bridgehead atoms. The van der Waals surface area contributed by atoms with Crippen molar-refractivity contribution in [3.63, 3.8) is 0 Å². The SMILES string of the molecule is Cl.O=C(O)[C@@H]1CN2CC[C@H]1C2. The van der Waals surface area contributed by atoms with Gasteiger partial charge in [-0.3, -0.25) is 4.79 Å². The summed E-state index contributed by atoms with van der Waals surface area (Å²) < 4.78 is 0. The first-order valence-electron chi connectivity index (χ1n) is 3.72. The van der Waals surface area contributed by atoms with Crippen LogP contribution in [0.5, 0.6) is 0 Å². The fraction of sp³-hybridized carbons (Fsp3) is 0.857. The summed E-state index contributed by atoms with van der Waals surface area (Å²) in [5.41, 5.74) is 0. The summed E-state index contributed by atoms with van der Waals surface area (Å²) in [6.45, 7) is 2.94. The lowest BCUT2D eigenvalue weighted by Crippen LogP contribution is -2.28. The third-order valence-electron chi connectivity index (χ3n) is 2.65. The third-order valence-corrected chi connectivity index (χ3v) is 2.65. The van der Waals surface area contributed by atoms with Crippen LogP contribution in [0.25, 0.3) is 0 Å². The quantitative estimate of drug-likeness (QED) is 0.632. The van der Waals surface area contributed by atoms with Gasteiger partial charge >= 0.3 is 5.97 Å². The Morgan fingerprint density at radius 3 is 2.45 bits per heavy atom. The van der Waals surface area contributed by atoms with Gasteiger partial charge in [0.25, 0.3) is 0 Å². The maximum atomic E-state index is 10.6. The predicted molar refractivity (Wildman–Crippen MR) is 42.9 cm³/mol. The van der Waals surface area contributed by atoms with Crippen LogP contribution in [0.2, 0.25) is 0 Å². The van der Waals surface area contributed by atoms with Gasteiger partial charge in [-0.15, -0.1) is 12.4 Å². The zero-order valence-corrected chi connectivity index (χ0v) is 7.01. The molecule has 2 aliphatic heterocycles. The molecular formula is C7H12ClNO2. The highest BCUT2D eigenvalue weighted by atomic mass is 35.5. The van der Waals surface area contributed by atoms with Crippen LogP contribution in [0.3, 0.4) is 0 Å². The molecule has 2 fully saturated rings. The standard InChI is InChI=1S/C7H11NO2.ClH/c9-7(10)6-4-8-2-1-5(6)3-8;/h5-6H,1-4H2,(H,9,10);1H/t5-,6+;/m0./s1. The Bertz CT molecular complexity index is 174. The second-order valence-electron chi connectivity index (χ2n) is 3.25. The van der Waals surface area contributed by atoms with Crippen LogP contribution in [0.4, 0.5) is 0 Å². The van der Waals surface area contributed by atoms with Gasteiger partial charge in [0.2, 0.25) is 0 Å². The van der Waals surface area contributed by atoms with Gasteiger partial charge in [-0.2, -0.15) is 0 Å². The van der Waals surface area contributed by atoms with E-state index in [1.54, 1.807) is 0 Å². The molecule has 11 heavy (non-hydrogen) atoms. The Balaban J connectivity index is 0.000000605. The molecule has 0 saturated carbocycles. The van der Waals surface area contributed by atoms with Crippen molar-refractivity contribution in [2.45, 2.75) is 6.42 Å². The molecule has 2 aliphatic rings. The minimum atomic E-state index is -0.604. The highest BCUT2D eigenvalue weighted by Crippen LogP contribution is 2.32. The first-order chi connectivity index (χ1) is 4.77. The van der Waals surface area contributed by atoms with E-state index < -0.39 is 5.97 Å². The number of hydrogen-bond donors (Lipinski definition) is 1. The lowest BCUT2D eigenvalue weighted by Gasteiger charge is -2.17. The third kappa shape index (κ3) is 1.35. The average Bonchev–Trinajstić information content (AvgIpc) is 2.44. The average molecular weight is 178 g/mol. The molecular weight excluding hydrogens is 166 g/mol. The second kappa shape index (κ2) is 2.99. The summed E-state index contributed by atoms with van der Waals surface area (Å²) in [6, 6.07) is 0. The molecule has 0 aromatic heterocycles. The minimum Gasteiger partial charge on any atom is -0.481 e. The topological polar surface area (TPSA) is 40.5 Å². The Hall–Kier alpha value is -0.280. The van der Waals surface area contributed by atoms with E-state index in [1.807, 2.05) is 0 Å². The lowest BCUT2D eigenvalue weighted by molar-refractivity contribution is -0.143. The molecule has 64 valence electrons. The van der Waals surface area contributed by atoms with E-state index in [0.29, 0.717) is 5.92 Å². The van der Waals surface area contributed by atoms with Crippen molar-refractivity contribution >= 4 is 18.4 Å². The molecule has 2 saturated heterocycles. The number of halogens is 1. The molecule has 3 atom stereocenters. The fourth-order valence-electron chi connectivity index (χ4n) is 2.06. The number of fused-ring (bicyclic) bond motifs is 2. The van der Waals surface area contributed by atoms with Gasteiger partial charge in [-0.25, -0.2) is 0 Å². The van der Waals surface area contributed by atoms with Crippen molar-refractivity contribution in [1.29, 1.82) is 0 Å².